The maximum atomic E-state index is 12.8. The van der Waals surface area contributed by atoms with Gasteiger partial charge < -0.3 is 4.90 Å². The standard InChI is InChI=1S/C23H24N2O3S/c1-18-6-10-22(11-7-18)29(27,28)25-14-12-24(13-15-25)23(26)17-19-8-9-20-4-2-3-5-21(20)16-19/h2-11,16H,12-15,17H2,1H3. The molecule has 29 heavy (non-hydrogen) atoms. The highest BCUT2D eigenvalue weighted by Gasteiger charge is 2.30. The van der Waals surface area contributed by atoms with Gasteiger partial charge in [-0.3, -0.25) is 4.79 Å². The third-order valence-electron chi connectivity index (χ3n) is 5.42. The fourth-order valence-corrected chi connectivity index (χ4v) is 5.09. The molecule has 0 aromatic heterocycles. The van der Waals surface area contributed by atoms with Crippen molar-refractivity contribution in [3.63, 3.8) is 0 Å². The number of hydrogen-bond acceptors (Lipinski definition) is 3. The van der Waals surface area contributed by atoms with Crippen molar-refractivity contribution < 1.29 is 13.2 Å². The van der Waals surface area contributed by atoms with Crippen LogP contribution in [0.15, 0.2) is 71.6 Å². The fraction of sp³-hybridized carbons (Fsp3) is 0.261. The van der Waals surface area contributed by atoms with Crippen molar-refractivity contribution in [3.8, 4) is 0 Å². The van der Waals surface area contributed by atoms with Crippen LogP contribution in [0.25, 0.3) is 10.8 Å². The van der Waals surface area contributed by atoms with Crippen molar-refractivity contribution in [1.29, 1.82) is 0 Å². The Morgan fingerprint density at radius 2 is 1.52 bits per heavy atom. The Morgan fingerprint density at radius 1 is 0.862 bits per heavy atom. The Morgan fingerprint density at radius 3 is 2.21 bits per heavy atom. The molecule has 3 aromatic carbocycles. The second-order valence-corrected chi connectivity index (χ2v) is 9.39. The predicted octanol–water partition coefficient (Wildman–Crippen LogP) is 3.22. The third kappa shape index (κ3) is 4.18. The molecule has 5 nitrogen and oxygen atoms in total. The van der Waals surface area contributed by atoms with E-state index in [1.54, 1.807) is 29.2 Å². The van der Waals surface area contributed by atoms with Crippen LogP contribution in [0.3, 0.4) is 0 Å². The fourth-order valence-electron chi connectivity index (χ4n) is 3.67. The zero-order valence-corrected chi connectivity index (χ0v) is 17.2. The van der Waals surface area contributed by atoms with Crippen LogP contribution >= 0.6 is 0 Å². The number of benzene rings is 3. The average Bonchev–Trinajstić information content (AvgIpc) is 2.74. The van der Waals surface area contributed by atoms with Crippen LogP contribution in [0.4, 0.5) is 0 Å². The molecule has 0 atom stereocenters. The lowest BCUT2D eigenvalue weighted by atomic mass is 10.0. The number of piperazine rings is 1. The topological polar surface area (TPSA) is 57.7 Å². The second-order valence-electron chi connectivity index (χ2n) is 7.46. The van der Waals surface area contributed by atoms with Crippen LogP contribution in [0.2, 0.25) is 0 Å². The van der Waals surface area contributed by atoms with Gasteiger partial charge >= 0.3 is 0 Å². The number of hydrogen-bond donors (Lipinski definition) is 0. The monoisotopic (exact) mass is 408 g/mol. The van der Waals surface area contributed by atoms with Crippen molar-refractivity contribution in [2.45, 2.75) is 18.2 Å². The Hall–Kier alpha value is -2.70. The third-order valence-corrected chi connectivity index (χ3v) is 7.33. The van der Waals surface area contributed by atoms with Gasteiger partial charge in [0.2, 0.25) is 15.9 Å². The van der Waals surface area contributed by atoms with E-state index >= 15 is 0 Å². The van der Waals surface area contributed by atoms with E-state index in [9.17, 15) is 13.2 Å². The number of fused-ring (bicyclic) bond motifs is 1. The van der Waals surface area contributed by atoms with E-state index in [2.05, 4.69) is 6.07 Å². The molecule has 0 radical (unpaired) electrons. The molecule has 3 aromatic rings. The van der Waals surface area contributed by atoms with Gasteiger partial charge in [0.1, 0.15) is 0 Å². The van der Waals surface area contributed by atoms with E-state index < -0.39 is 10.0 Å². The minimum absolute atomic E-state index is 0.0349. The number of aryl methyl sites for hydroxylation is 1. The number of carbonyl (C=O) groups excluding carboxylic acids is 1. The van der Waals surface area contributed by atoms with E-state index in [0.29, 0.717) is 37.5 Å². The van der Waals surface area contributed by atoms with Crippen molar-refractivity contribution >= 4 is 26.7 Å². The molecule has 1 amide bonds. The van der Waals surface area contributed by atoms with E-state index in [1.807, 2.05) is 43.3 Å². The molecule has 6 heteroatoms. The Balaban J connectivity index is 1.39. The van der Waals surface area contributed by atoms with E-state index in [-0.39, 0.29) is 5.91 Å². The summed E-state index contributed by atoms with van der Waals surface area (Å²) in [5.41, 5.74) is 2.00. The molecular formula is C23H24N2O3S. The second kappa shape index (κ2) is 7.97. The minimum atomic E-state index is -3.52. The summed E-state index contributed by atoms with van der Waals surface area (Å²) in [6.07, 6.45) is 0.329. The SMILES string of the molecule is Cc1ccc(S(=O)(=O)N2CCN(C(=O)Cc3ccc4ccccc4c3)CC2)cc1. The molecule has 0 N–H and O–H groups in total. The lowest BCUT2D eigenvalue weighted by molar-refractivity contribution is -0.131. The molecule has 4 rings (SSSR count). The molecule has 150 valence electrons. The molecule has 1 aliphatic rings. The molecule has 0 bridgehead atoms. The molecule has 1 fully saturated rings. The number of rotatable bonds is 4. The van der Waals surface area contributed by atoms with Crippen LogP contribution in [0, 0.1) is 6.92 Å². The molecule has 0 spiro atoms. The molecule has 0 saturated carbocycles. The highest BCUT2D eigenvalue weighted by atomic mass is 32.2. The van der Waals surface area contributed by atoms with Gasteiger partial charge in [0, 0.05) is 26.2 Å². The largest absolute Gasteiger partial charge is 0.340 e. The van der Waals surface area contributed by atoms with Crippen LogP contribution in [-0.2, 0) is 21.2 Å². The smallest absolute Gasteiger partial charge is 0.243 e. The summed E-state index contributed by atoms with van der Waals surface area (Å²) in [6, 6.07) is 21.0. The quantitative estimate of drug-likeness (QED) is 0.666. The highest BCUT2D eigenvalue weighted by molar-refractivity contribution is 7.89. The summed E-state index contributed by atoms with van der Waals surface area (Å²) in [6.45, 7) is 3.39. The van der Waals surface area contributed by atoms with Gasteiger partial charge in [-0.05, 0) is 35.4 Å². The first-order chi connectivity index (χ1) is 13.9. The number of sulfonamides is 1. The maximum Gasteiger partial charge on any atom is 0.243 e. The first-order valence-electron chi connectivity index (χ1n) is 9.76. The average molecular weight is 409 g/mol. The van der Waals surface area contributed by atoms with Gasteiger partial charge in [0.25, 0.3) is 0 Å². The molecular weight excluding hydrogens is 384 g/mol. The normalized spacial score (nSPS) is 15.6. The molecule has 0 aliphatic carbocycles. The van der Waals surface area contributed by atoms with E-state index in [1.165, 1.54) is 4.31 Å². The lowest BCUT2D eigenvalue weighted by Crippen LogP contribution is -2.50. The van der Waals surface area contributed by atoms with Crippen molar-refractivity contribution in [1.82, 2.24) is 9.21 Å². The summed E-state index contributed by atoms with van der Waals surface area (Å²) < 4.78 is 27.1. The summed E-state index contributed by atoms with van der Waals surface area (Å²) in [7, 11) is -3.52. The first-order valence-corrected chi connectivity index (χ1v) is 11.2. The predicted molar refractivity (Wildman–Crippen MR) is 114 cm³/mol. The van der Waals surface area contributed by atoms with Crippen LogP contribution < -0.4 is 0 Å². The minimum Gasteiger partial charge on any atom is -0.340 e. The summed E-state index contributed by atoms with van der Waals surface area (Å²) in [5, 5.41) is 2.27. The number of amides is 1. The summed E-state index contributed by atoms with van der Waals surface area (Å²) in [4.78, 5) is 14.8. The Bertz CT molecular complexity index is 1130. The maximum absolute atomic E-state index is 12.8. The molecule has 1 aliphatic heterocycles. The molecule has 1 saturated heterocycles. The van der Waals surface area contributed by atoms with Crippen molar-refractivity contribution in [3.05, 3.63) is 77.9 Å². The first kappa shape index (κ1) is 19.6. The Kier molecular flexibility index (Phi) is 5.39. The lowest BCUT2D eigenvalue weighted by Gasteiger charge is -2.34. The van der Waals surface area contributed by atoms with E-state index in [4.69, 9.17) is 0 Å². The van der Waals surface area contributed by atoms with Crippen molar-refractivity contribution in [2.75, 3.05) is 26.2 Å². The van der Waals surface area contributed by atoms with Gasteiger partial charge in [-0.25, -0.2) is 8.42 Å². The zero-order valence-electron chi connectivity index (χ0n) is 16.4. The van der Waals surface area contributed by atoms with Crippen molar-refractivity contribution in [2.24, 2.45) is 0 Å². The molecule has 0 unspecified atom stereocenters. The molecule has 1 heterocycles. The van der Waals surface area contributed by atoms with Gasteiger partial charge in [-0.15, -0.1) is 0 Å². The summed E-state index contributed by atoms with van der Waals surface area (Å²) in [5.74, 6) is 0.0349. The van der Waals surface area contributed by atoms with Crippen LogP contribution in [0.1, 0.15) is 11.1 Å². The van der Waals surface area contributed by atoms with Crippen LogP contribution in [0.5, 0.6) is 0 Å². The van der Waals surface area contributed by atoms with E-state index in [0.717, 1.165) is 21.9 Å². The van der Waals surface area contributed by atoms with Gasteiger partial charge in [0.15, 0.2) is 0 Å². The summed E-state index contributed by atoms with van der Waals surface area (Å²) >= 11 is 0. The highest BCUT2D eigenvalue weighted by Crippen LogP contribution is 2.20. The van der Waals surface area contributed by atoms with Gasteiger partial charge in [-0.1, -0.05) is 60.2 Å². The zero-order chi connectivity index (χ0) is 20.4. The number of nitrogens with zero attached hydrogens (tertiary/aromatic N) is 2. The number of carbonyl (C=O) groups is 1. The van der Waals surface area contributed by atoms with Gasteiger partial charge in [-0.2, -0.15) is 4.31 Å². The Labute approximate surface area is 171 Å². The van der Waals surface area contributed by atoms with Crippen LogP contribution in [-0.4, -0.2) is 49.7 Å². The van der Waals surface area contributed by atoms with Gasteiger partial charge in [0.05, 0.1) is 11.3 Å².